The van der Waals surface area contributed by atoms with E-state index in [-0.39, 0.29) is 0 Å². The van der Waals surface area contributed by atoms with Crippen LogP contribution in [0.25, 0.3) is 0 Å². The monoisotopic (exact) mass is 487 g/mol. The van der Waals surface area contributed by atoms with Crippen molar-refractivity contribution in [3.63, 3.8) is 0 Å². The van der Waals surface area contributed by atoms with Crippen molar-refractivity contribution in [1.82, 2.24) is 29.9 Å². The van der Waals surface area contributed by atoms with Crippen LogP contribution < -0.4 is 15.5 Å². The molecule has 0 saturated carbocycles. The Balaban J connectivity index is 0.000000658. The number of anilines is 3. The smallest absolute Gasteiger partial charge is 0.230 e. The SMILES string of the molecule is CCCCCCCC.CCCCN(CCCC)c1nc(C)nc(NCCNc2ncnc(C)n2)n1. The maximum absolute atomic E-state index is 4.62. The molecule has 0 aliphatic carbocycles. The van der Waals surface area contributed by atoms with Crippen molar-refractivity contribution >= 4 is 17.8 Å². The molecule has 0 saturated heterocycles. The first-order valence-corrected chi connectivity index (χ1v) is 13.6. The lowest BCUT2D eigenvalue weighted by Gasteiger charge is -2.22. The van der Waals surface area contributed by atoms with Crippen molar-refractivity contribution in [2.24, 2.45) is 0 Å². The maximum atomic E-state index is 4.62. The van der Waals surface area contributed by atoms with Gasteiger partial charge in [0.15, 0.2) is 0 Å². The summed E-state index contributed by atoms with van der Waals surface area (Å²) in [7, 11) is 0. The third-order valence-corrected chi connectivity index (χ3v) is 5.42. The fourth-order valence-corrected chi connectivity index (χ4v) is 3.36. The molecule has 2 aromatic heterocycles. The molecular weight excluding hydrogens is 438 g/mol. The number of nitrogens with one attached hydrogen (secondary N) is 2. The molecule has 0 spiro atoms. The van der Waals surface area contributed by atoms with E-state index in [1.165, 1.54) is 44.9 Å². The minimum Gasteiger partial charge on any atom is -0.352 e. The molecular formula is C26H49N9. The molecule has 0 fully saturated rings. The van der Waals surface area contributed by atoms with Crippen LogP contribution in [-0.2, 0) is 0 Å². The lowest BCUT2D eigenvalue weighted by molar-refractivity contribution is 0.624. The third-order valence-electron chi connectivity index (χ3n) is 5.42. The minimum absolute atomic E-state index is 0.571. The molecule has 0 unspecified atom stereocenters. The van der Waals surface area contributed by atoms with E-state index in [1.54, 1.807) is 0 Å². The minimum atomic E-state index is 0.571. The molecule has 198 valence electrons. The zero-order valence-electron chi connectivity index (χ0n) is 23.1. The Morgan fingerprint density at radius 2 is 1.14 bits per heavy atom. The molecule has 0 radical (unpaired) electrons. The summed E-state index contributed by atoms with van der Waals surface area (Å²) in [5, 5.41) is 6.41. The van der Waals surface area contributed by atoms with Gasteiger partial charge >= 0.3 is 0 Å². The van der Waals surface area contributed by atoms with Crippen LogP contribution in [0.4, 0.5) is 17.8 Å². The van der Waals surface area contributed by atoms with Gasteiger partial charge < -0.3 is 15.5 Å². The summed E-state index contributed by atoms with van der Waals surface area (Å²) in [5.74, 6) is 3.35. The molecule has 0 aliphatic rings. The summed E-state index contributed by atoms with van der Waals surface area (Å²) in [6, 6.07) is 0. The standard InChI is InChI=1S/C18H31N9.C8H18/c1-5-7-11-27(12-8-6-2)18-25-15(4)24-17(26-18)20-10-9-19-16-22-13-21-14(3)23-16;1-3-5-7-8-6-4-2/h13H,5-12H2,1-4H3,(H,19,21,22,23)(H,20,24,25,26);3-8H2,1-2H3. The number of hydrogen-bond acceptors (Lipinski definition) is 9. The number of aromatic nitrogens is 6. The average Bonchev–Trinajstić information content (AvgIpc) is 2.85. The maximum Gasteiger partial charge on any atom is 0.230 e. The van der Waals surface area contributed by atoms with Crippen molar-refractivity contribution in [3.8, 4) is 0 Å². The summed E-state index contributed by atoms with van der Waals surface area (Å²) in [4.78, 5) is 28.1. The molecule has 2 N–H and O–H groups in total. The van der Waals surface area contributed by atoms with Crippen LogP contribution in [0.2, 0.25) is 0 Å². The van der Waals surface area contributed by atoms with Gasteiger partial charge in [0.2, 0.25) is 17.8 Å². The van der Waals surface area contributed by atoms with E-state index in [1.807, 2.05) is 13.8 Å². The van der Waals surface area contributed by atoms with Gasteiger partial charge in [0.1, 0.15) is 18.0 Å². The van der Waals surface area contributed by atoms with Gasteiger partial charge in [0, 0.05) is 26.2 Å². The molecule has 0 aromatic carbocycles. The second-order valence-electron chi connectivity index (χ2n) is 8.82. The first-order chi connectivity index (χ1) is 17.0. The highest BCUT2D eigenvalue weighted by atomic mass is 15.3. The molecule has 2 aromatic rings. The van der Waals surface area contributed by atoms with E-state index < -0.39 is 0 Å². The van der Waals surface area contributed by atoms with Gasteiger partial charge in [0.05, 0.1) is 0 Å². The van der Waals surface area contributed by atoms with Crippen molar-refractivity contribution < 1.29 is 0 Å². The van der Waals surface area contributed by atoms with Crippen LogP contribution in [-0.4, -0.2) is 56.1 Å². The van der Waals surface area contributed by atoms with E-state index in [4.69, 9.17) is 0 Å². The Morgan fingerprint density at radius 3 is 1.69 bits per heavy atom. The topological polar surface area (TPSA) is 105 Å². The van der Waals surface area contributed by atoms with Gasteiger partial charge in [-0.25, -0.2) is 9.97 Å². The number of aryl methyl sites for hydroxylation is 2. The van der Waals surface area contributed by atoms with Crippen LogP contribution in [0.1, 0.15) is 104 Å². The average molecular weight is 488 g/mol. The number of hydrogen-bond donors (Lipinski definition) is 2. The van der Waals surface area contributed by atoms with Crippen LogP contribution >= 0.6 is 0 Å². The lowest BCUT2D eigenvalue weighted by Crippen LogP contribution is -2.28. The van der Waals surface area contributed by atoms with Crippen molar-refractivity contribution in [2.45, 2.75) is 106 Å². The van der Waals surface area contributed by atoms with E-state index in [2.05, 4.69) is 73.1 Å². The van der Waals surface area contributed by atoms with Crippen LogP contribution in [0, 0.1) is 13.8 Å². The molecule has 0 amide bonds. The largest absolute Gasteiger partial charge is 0.352 e. The summed E-state index contributed by atoms with van der Waals surface area (Å²) >= 11 is 0. The second-order valence-corrected chi connectivity index (χ2v) is 8.82. The van der Waals surface area contributed by atoms with Gasteiger partial charge in [-0.05, 0) is 26.7 Å². The summed E-state index contributed by atoms with van der Waals surface area (Å²) in [6.45, 7) is 15.9. The van der Waals surface area contributed by atoms with Gasteiger partial charge in [-0.3, -0.25) is 0 Å². The fourth-order valence-electron chi connectivity index (χ4n) is 3.36. The van der Waals surface area contributed by atoms with Gasteiger partial charge in [-0.2, -0.15) is 19.9 Å². The van der Waals surface area contributed by atoms with Crippen LogP contribution in [0.15, 0.2) is 6.33 Å². The third kappa shape index (κ3) is 14.4. The Labute approximate surface area is 213 Å². The van der Waals surface area contributed by atoms with E-state index >= 15 is 0 Å². The van der Waals surface area contributed by atoms with E-state index in [0.29, 0.717) is 30.8 Å². The van der Waals surface area contributed by atoms with Gasteiger partial charge in [0.25, 0.3) is 0 Å². The van der Waals surface area contributed by atoms with E-state index in [9.17, 15) is 0 Å². The molecule has 0 aliphatic heterocycles. The highest BCUT2D eigenvalue weighted by Gasteiger charge is 2.11. The second kappa shape index (κ2) is 19.7. The first-order valence-electron chi connectivity index (χ1n) is 13.6. The van der Waals surface area contributed by atoms with Gasteiger partial charge in [-0.15, -0.1) is 0 Å². The Morgan fingerprint density at radius 1 is 0.600 bits per heavy atom. The molecule has 9 heteroatoms. The van der Waals surface area contributed by atoms with Crippen molar-refractivity contribution in [1.29, 1.82) is 0 Å². The lowest BCUT2D eigenvalue weighted by atomic mass is 10.1. The molecule has 2 rings (SSSR count). The summed E-state index contributed by atoms with van der Waals surface area (Å²) < 4.78 is 0. The Bertz CT molecular complexity index is 771. The Kier molecular flexibility index (Phi) is 17.1. The van der Waals surface area contributed by atoms with Crippen LogP contribution in [0.3, 0.4) is 0 Å². The predicted molar refractivity (Wildman–Crippen MR) is 147 cm³/mol. The molecule has 0 atom stereocenters. The quantitative estimate of drug-likeness (QED) is 0.261. The predicted octanol–water partition coefficient (Wildman–Crippen LogP) is 5.97. The highest BCUT2D eigenvalue weighted by Crippen LogP contribution is 2.13. The number of rotatable bonds is 17. The number of nitrogens with zero attached hydrogens (tertiary/aromatic N) is 7. The van der Waals surface area contributed by atoms with Crippen molar-refractivity contribution in [2.75, 3.05) is 41.7 Å². The van der Waals surface area contributed by atoms with E-state index in [0.717, 1.165) is 50.5 Å². The van der Waals surface area contributed by atoms with Crippen LogP contribution in [0.5, 0.6) is 0 Å². The summed E-state index contributed by atoms with van der Waals surface area (Å²) in [5.41, 5.74) is 0. The summed E-state index contributed by atoms with van der Waals surface area (Å²) in [6.07, 6.45) is 14.6. The number of unbranched alkanes of at least 4 members (excludes halogenated alkanes) is 7. The zero-order valence-corrected chi connectivity index (χ0v) is 23.1. The normalized spacial score (nSPS) is 10.5. The molecule has 0 bridgehead atoms. The molecule has 9 nitrogen and oxygen atoms in total. The first kappa shape index (κ1) is 30.5. The van der Waals surface area contributed by atoms with Crippen molar-refractivity contribution in [3.05, 3.63) is 18.0 Å². The van der Waals surface area contributed by atoms with Gasteiger partial charge in [-0.1, -0.05) is 79.1 Å². The highest BCUT2D eigenvalue weighted by molar-refractivity contribution is 5.37. The molecule has 2 heterocycles. The Hall–Kier alpha value is -2.58. The molecule has 35 heavy (non-hydrogen) atoms. The fraction of sp³-hybridized carbons (Fsp3) is 0.769. The zero-order chi connectivity index (χ0) is 25.7.